The molecule has 0 unspecified atom stereocenters. The molecule has 1 aromatic heterocycles. The maximum atomic E-state index is 8.81. The first-order chi connectivity index (χ1) is 8.19. The van der Waals surface area contributed by atoms with Crippen LogP contribution in [-0.4, -0.2) is 10.3 Å². The average Bonchev–Trinajstić information content (AvgIpc) is 2.79. The molecular formula is C13H15NO3. The molecule has 0 aliphatic carbocycles. The highest BCUT2D eigenvalue weighted by Gasteiger charge is 2.04. The van der Waals surface area contributed by atoms with Gasteiger partial charge in [0.25, 0.3) is 5.88 Å². The largest absolute Gasteiger partial charge is 0.471 e. The zero-order chi connectivity index (χ0) is 12.3. The Hall–Kier alpha value is -1.81. The van der Waals surface area contributed by atoms with Gasteiger partial charge in [0.2, 0.25) is 0 Å². The highest BCUT2D eigenvalue weighted by Crippen LogP contribution is 2.15. The van der Waals surface area contributed by atoms with Crippen LogP contribution in [0.4, 0.5) is 0 Å². The van der Waals surface area contributed by atoms with Gasteiger partial charge in [0.05, 0.1) is 0 Å². The molecule has 0 saturated carbocycles. The van der Waals surface area contributed by atoms with Crippen molar-refractivity contribution in [1.82, 2.24) is 5.16 Å². The second-order valence-corrected chi connectivity index (χ2v) is 4.00. The fourth-order valence-electron chi connectivity index (χ4n) is 1.49. The van der Waals surface area contributed by atoms with Gasteiger partial charge >= 0.3 is 0 Å². The van der Waals surface area contributed by atoms with Crippen molar-refractivity contribution in [3.8, 4) is 5.88 Å². The highest BCUT2D eigenvalue weighted by molar-refractivity contribution is 5.29. The van der Waals surface area contributed by atoms with Crippen molar-refractivity contribution in [3.63, 3.8) is 0 Å². The summed E-state index contributed by atoms with van der Waals surface area (Å²) in [5.41, 5.74) is 3.58. The molecule has 1 aromatic carbocycles. The SMILES string of the molecule is Cc1ccc(COc2cc(CO)on2)cc1C. The van der Waals surface area contributed by atoms with Crippen LogP contribution in [0.1, 0.15) is 22.5 Å². The van der Waals surface area contributed by atoms with Crippen LogP contribution >= 0.6 is 0 Å². The minimum absolute atomic E-state index is 0.167. The van der Waals surface area contributed by atoms with Gasteiger partial charge in [0.15, 0.2) is 5.76 Å². The van der Waals surface area contributed by atoms with Gasteiger partial charge in [-0.05, 0) is 35.7 Å². The minimum atomic E-state index is -0.167. The second-order valence-electron chi connectivity index (χ2n) is 4.00. The number of hydrogen-bond acceptors (Lipinski definition) is 4. The van der Waals surface area contributed by atoms with E-state index in [4.69, 9.17) is 14.4 Å². The molecule has 0 aliphatic heterocycles. The maximum Gasteiger partial charge on any atom is 0.254 e. The lowest BCUT2D eigenvalue weighted by Crippen LogP contribution is -1.96. The van der Waals surface area contributed by atoms with Gasteiger partial charge in [0, 0.05) is 6.07 Å². The third kappa shape index (κ3) is 2.85. The van der Waals surface area contributed by atoms with E-state index < -0.39 is 0 Å². The maximum absolute atomic E-state index is 8.81. The van der Waals surface area contributed by atoms with Gasteiger partial charge in [-0.3, -0.25) is 0 Å². The smallest absolute Gasteiger partial charge is 0.254 e. The van der Waals surface area contributed by atoms with Crippen LogP contribution < -0.4 is 4.74 Å². The number of hydrogen-bond donors (Lipinski definition) is 1. The van der Waals surface area contributed by atoms with Crippen LogP contribution in [0.25, 0.3) is 0 Å². The first kappa shape index (κ1) is 11.7. The molecule has 90 valence electrons. The Morgan fingerprint density at radius 2 is 2.06 bits per heavy atom. The van der Waals surface area contributed by atoms with Crippen LogP contribution in [0.3, 0.4) is 0 Å². The Morgan fingerprint density at radius 3 is 2.71 bits per heavy atom. The minimum Gasteiger partial charge on any atom is -0.471 e. The van der Waals surface area contributed by atoms with Crippen LogP contribution in [0.2, 0.25) is 0 Å². The second kappa shape index (κ2) is 5.01. The molecule has 0 amide bonds. The Morgan fingerprint density at radius 1 is 1.24 bits per heavy atom. The average molecular weight is 233 g/mol. The fraction of sp³-hybridized carbons (Fsp3) is 0.308. The quantitative estimate of drug-likeness (QED) is 0.880. The topological polar surface area (TPSA) is 55.5 Å². The van der Waals surface area contributed by atoms with Crippen molar-refractivity contribution >= 4 is 0 Å². The number of aryl methyl sites for hydroxylation is 2. The van der Waals surface area contributed by atoms with Gasteiger partial charge in [-0.15, -0.1) is 0 Å². The van der Waals surface area contributed by atoms with Crippen molar-refractivity contribution in [2.24, 2.45) is 0 Å². The molecule has 0 bridgehead atoms. The summed E-state index contributed by atoms with van der Waals surface area (Å²) in [5, 5.41) is 12.5. The van der Waals surface area contributed by atoms with Gasteiger partial charge in [0.1, 0.15) is 13.2 Å². The van der Waals surface area contributed by atoms with E-state index in [1.807, 2.05) is 6.07 Å². The standard InChI is InChI=1S/C13H15NO3/c1-9-3-4-11(5-10(9)2)8-16-13-6-12(7-15)17-14-13/h3-6,15H,7-8H2,1-2H3. The van der Waals surface area contributed by atoms with Crippen LogP contribution in [0.5, 0.6) is 5.88 Å². The van der Waals surface area contributed by atoms with Gasteiger partial charge in [-0.25, -0.2) is 0 Å². The Kier molecular flexibility index (Phi) is 3.44. The van der Waals surface area contributed by atoms with Crippen molar-refractivity contribution in [1.29, 1.82) is 0 Å². The van der Waals surface area contributed by atoms with Crippen LogP contribution in [0.15, 0.2) is 28.8 Å². The predicted octanol–water partition coefficient (Wildman–Crippen LogP) is 2.36. The normalized spacial score (nSPS) is 10.5. The predicted molar refractivity (Wildman–Crippen MR) is 62.7 cm³/mol. The summed E-state index contributed by atoms with van der Waals surface area (Å²) in [5.74, 6) is 0.798. The monoisotopic (exact) mass is 233 g/mol. The van der Waals surface area contributed by atoms with Crippen LogP contribution in [-0.2, 0) is 13.2 Å². The molecule has 17 heavy (non-hydrogen) atoms. The summed E-state index contributed by atoms with van der Waals surface area (Å²) in [6.07, 6.45) is 0. The lowest BCUT2D eigenvalue weighted by molar-refractivity contribution is 0.221. The van der Waals surface area contributed by atoms with E-state index >= 15 is 0 Å². The molecule has 0 saturated heterocycles. The summed E-state index contributed by atoms with van der Waals surface area (Å²) >= 11 is 0. The van der Waals surface area contributed by atoms with Crippen molar-refractivity contribution < 1.29 is 14.4 Å². The third-order valence-electron chi connectivity index (χ3n) is 2.65. The molecule has 0 atom stereocenters. The van der Waals surface area contributed by atoms with E-state index in [9.17, 15) is 0 Å². The van der Waals surface area contributed by atoms with E-state index in [-0.39, 0.29) is 6.61 Å². The molecular weight excluding hydrogens is 218 g/mol. The molecule has 2 rings (SSSR count). The number of nitrogens with zero attached hydrogens (tertiary/aromatic N) is 1. The summed E-state index contributed by atoms with van der Waals surface area (Å²) in [6, 6.07) is 7.76. The number of aromatic nitrogens is 1. The lowest BCUT2D eigenvalue weighted by atomic mass is 10.1. The molecule has 2 aromatic rings. The molecule has 0 radical (unpaired) electrons. The first-order valence-corrected chi connectivity index (χ1v) is 5.44. The van der Waals surface area contributed by atoms with E-state index in [2.05, 4.69) is 31.1 Å². The molecule has 0 spiro atoms. The Labute approximate surface area is 99.8 Å². The van der Waals surface area contributed by atoms with Crippen molar-refractivity contribution in [2.75, 3.05) is 0 Å². The highest BCUT2D eigenvalue weighted by atomic mass is 16.5. The van der Waals surface area contributed by atoms with E-state index in [1.54, 1.807) is 6.07 Å². The molecule has 1 heterocycles. The molecule has 0 aliphatic rings. The van der Waals surface area contributed by atoms with E-state index in [1.165, 1.54) is 11.1 Å². The Bertz CT molecular complexity index is 505. The lowest BCUT2D eigenvalue weighted by Gasteiger charge is -2.05. The van der Waals surface area contributed by atoms with E-state index in [0.29, 0.717) is 18.2 Å². The van der Waals surface area contributed by atoms with Crippen LogP contribution in [0, 0.1) is 13.8 Å². The number of ether oxygens (including phenoxy) is 1. The molecule has 4 nitrogen and oxygen atoms in total. The number of benzene rings is 1. The first-order valence-electron chi connectivity index (χ1n) is 5.44. The summed E-state index contributed by atoms with van der Waals surface area (Å²) in [4.78, 5) is 0. The third-order valence-corrected chi connectivity index (χ3v) is 2.65. The Balaban J connectivity index is 1.99. The van der Waals surface area contributed by atoms with Gasteiger partial charge < -0.3 is 14.4 Å². The molecule has 1 N–H and O–H groups in total. The van der Waals surface area contributed by atoms with E-state index in [0.717, 1.165) is 5.56 Å². The number of aliphatic hydroxyl groups is 1. The molecule has 4 heteroatoms. The van der Waals surface area contributed by atoms with Gasteiger partial charge in [-0.1, -0.05) is 18.2 Å². The summed E-state index contributed by atoms with van der Waals surface area (Å²) in [6.45, 7) is 4.42. The van der Waals surface area contributed by atoms with Gasteiger partial charge in [-0.2, -0.15) is 0 Å². The number of aliphatic hydroxyl groups excluding tert-OH is 1. The summed E-state index contributed by atoms with van der Waals surface area (Å²) < 4.78 is 10.3. The number of rotatable bonds is 4. The molecule has 0 fully saturated rings. The zero-order valence-electron chi connectivity index (χ0n) is 9.93. The summed E-state index contributed by atoms with van der Waals surface area (Å²) in [7, 11) is 0. The fourth-order valence-corrected chi connectivity index (χ4v) is 1.49. The van der Waals surface area contributed by atoms with Crippen molar-refractivity contribution in [2.45, 2.75) is 27.1 Å². The zero-order valence-corrected chi connectivity index (χ0v) is 9.93. The van der Waals surface area contributed by atoms with Crippen molar-refractivity contribution in [3.05, 3.63) is 46.7 Å².